The van der Waals surface area contributed by atoms with Gasteiger partial charge in [-0.15, -0.1) is 0 Å². The number of hydrogen-bond acceptors (Lipinski definition) is 4. The number of carbonyl (C=O) groups excluding carboxylic acids is 1. The first-order valence-electron chi connectivity index (χ1n) is 5.74. The Bertz CT molecular complexity index is 729. The highest BCUT2D eigenvalue weighted by molar-refractivity contribution is 6.07. The Balaban J connectivity index is 2.25. The van der Waals surface area contributed by atoms with Gasteiger partial charge in [-0.1, -0.05) is 0 Å². The lowest BCUT2D eigenvalue weighted by molar-refractivity contribution is 0.0696. The van der Waals surface area contributed by atoms with E-state index in [2.05, 4.69) is 5.32 Å². The maximum Gasteiger partial charge on any atom is 0.335 e. The van der Waals surface area contributed by atoms with Crippen LogP contribution in [-0.2, 0) is 0 Å². The van der Waals surface area contributed by atoms with Crippen molar-refractivity contribution in [3.63, 3.8) is 0 Å². The number of carboxylic acid groups (broad SMARTS) is 1. The summed E-state index contributed by atoms with van der Waals surface area (Å²) in [5, 5.41) is 30.2. The SMILES string of the molecule is O=C(O)c1ccc(NC(=O)c2ccc(F)cc2O)c(O)c1. The number of carboxylic acids is 1. The summed E-state index contributed by atoms with van der Waals surface area (Å²) in [5.41, 5.74) is -0.359. The highest BCUT2D eigenvalue weighted by atomic mass is 19.1. The molecule has 0 saturated carbocycles. The number of anilines is 1. The number of aromatic hydroxyl groups is 2. The maximum absolute atomic E-state index is 12.8. The second kappa shape index (κ2) is 5.49. The molecule has 1 amide bonds. The van der Waals surface area contributed by atoms with Gasteiger partial charge >= 0.3 is 5.97 Å². The van der Waals surface area contributed by atoms with Gasteiger partial charge in [0.2, 0.25) is 0 Å². The molecule has 0 radical (unpaired) electrons. The van der Waals surface area contributed by atoms with E-state index in [1.54, 1.807) is 0 Å². The van der Waals surface area contributed by atoms with Crippen molar-refractivity contribution < 1.29 is 29.3 Å². The maximum atomic E-state index is 12.8. The number of rotatable bonds is 3. The molecule has 0 heterocycles. The van der Waals surface area contributed by atoms with Gasteiger partial charge in [-0.25, -0.2) is 9.18 Å². The molecule has 0 aliphatic heterocycles. The van der Waals surface area contributed by atoms with Crippen LogP contribution < -0.4 is 5.32 Å². The second-order valence-corrected chi connectivity index (χ2v) is 4.15. The van der Waals surface area contributed by atoms with Crippen molar-refractivity contribution in [2.75, 3.05) is 5.32 Å². The first-order valence-corrected chi connectivity index (χ1v) is 5.74. The van der Waals surface area contributed by atoms with Gasteiger partial charge in [-0.3, -0.25) is 4.79 Å². The zero-order valence-electron chi connectivity index (χ0n) is 10.5. The molecular weight excluding hydrogens is 281 g/mol. The molecule has 0 atom stereocenters. The van der Waals surface area contributed by atoms with Crippen LogP contribution in [0.4, 0.5) is 10.1 Å². The van der Waals surface area contributed by atoms with E-state index in [0.29, 0.717) is 0 Å². The lowest BCUT2D eigenvalue weighted by atomic mass is 10.1. The summed E-state index contributed by atoms with van der Waals surface area (Å²) >= 11 is 0. The molecule has 0 fully saturated rings. The fourth-order valence-corrected chi connectivity index (χ4v) is 1.66. The van der Waals surface area contributed by atoms with E-state index in [1.807, 2.05) is 0 Å². The predicted molar refractivity (Wildman–Crippen MR) is 71.1 cm³/mol. The van der Waals surface area contributed by atoms with Gasteiger partial charge in [-0.05, 0) is 30.3 Å². The highest BCUT2D eigenvalue weighted by Crippen LogP contribution is 2.26. The molecule has 2 aromatic carbocycles. The predicted octanol–water partition coefficient (Wildman–Crippen LogP) is 2.19. The topological polar surface area (TPSA) is 107 Å². The monoisotopic (exact) mass is 291 g/mol. The van der Waals surface area contributed by atoms with Crippen molar-refractivity contribution in [1.82, 2.24) is 0 Å². The number of nitrogens with one attached hydrogen (secondary N) is 1. The minimum atomic E-state index is -1.22. The van der Waals surface area contributed by atoms with Crippen LogP contribution in [0.2, 0.25) is 0 Å². The van der Waals surface area contributed by atoms with E-state index in [1.165, 1.54) is 12.1 Å². The minimum absolute atomic E-state index is 0.0336. The quantitative estimate of drug-likeness (QED) is 0.648. The summed E-state index contributed by atoms with van der Waals surface area (Å²) in [5.74, 6) is -3.68. The van der Waals surface area contributed by atoms with Crippen LogP contribution in [0, 0.1) is 5.82 Å². The Kier molecular flexibility index (Phi) is 3.75. The first kappa shape index (κ1) is 14.3. The highest BCUT2D eigenvalue weighted by Gasteiger charge is 2.15. The second-order valence-electron chi connectivity index (χ2n) is 4.15. The van der Waals surface area contributed by atoms with Crippen LogP contribution in [0.3, 0.4) is 0 Å². The number of carbonyl (C=O) groups is 2. The number of aromatic carboxylic acids is 1. The Morgan fingerprint density at radius 2 is 1.71 bits per heavy atom. The molecule has 2 rings (SSSR count). The Labute approximate surface area is 118 Å². The summed E-state index contributed by atoms with van der Waals surface area (Å²) in [6, 6.07) is 6.24. The molecule has 0 aliphatic carbocycles. The van der Waals surface area contributed by atoms with Gasteiger partial charge in [-0.2, -0.15) is 0 Å². The van der Waals surface area contributed by atoms with Crippen LogP contribution in [-0.4, -0.2) is 27.2 Å². The first-order chi connectivity index (χ1) is 9.88. The largest absolute Gasteiger partial charge is 0.507 e. The van der Waals surface area contributed by atoms with Gasteiger partial charge in [0, 0.05) is 6.07 Å². The Hall–Kier alpha value is -3.09. The number of benzene rings is 2. The third-order valence-electron chi connectivity index (χ3n) is 2.70. The van der Waals surface area contributed by atoms with Gasteiger partial charge < -0.3 is 20.6 Å². The lowest BCUT2D eigenvalue weighted by Crippen LogP contribution is -2.12. The van der Waals surface area contributed by atoms with Crippen LogP contribution in [0.5, 0.6) is 11.5 Å². The summed E-state index contributed by atoms with van der Waals surface area (Å²) in [6.07, 6.45) is 0. The Morgan fingerprint density at radius 3 is 2.29 bits per heavy atom. The zero-order chi connectivity index (χ0) is 15.6. The molecule has 108 valence electrons. The summed E-state index contributed by atoms with van der Waals surface area (Å²) in [6.45, 7) is 0. The third-order valence-corrected chi connectivity index (χ3v) is 2.70. The molecule has 0 saturated heterocycles. The van der Waals surface area contributed by atoms with Crippen LogP contribution in [0.25, 0.3) is 0 Å². The van der Waals surface area contributed by atoms with E-state index < -0.39 is 29.2 Å². The average molecular weight is 291 g/mol. The van der Waals surface area contributed by atoms with Gasteiger partial charge in [0.15, 0.2) is 0 Å². The number of halogens is 1. The van der Waals surface area contributed by atoms with Crippen molar-refractivity contribution in [2.45, 2.75) is 0 Å². The van der Waals surface area contributed by atoms with Crippen LogP contribution in [0.15, 0.2) is 36.4 Å². The van der Waals surface area contributed by atoms with Crippen molar-refractivity contribution >= 4 is 17.6 Å². The third kappa shape index (κ3) is 3.08. The molecule has 0 spiro atoms. The standard InChI is InChI=1S/C14H10FNO5/c15-8-2-3-9(11(17)6-8)13(19)16-10-4-1-7(14(20)21)5-12(10)18/h1-6,17-18H,(H,16,19)(H,20,21). The number of hydrogen-bond donors (Lipinski definition) is 4. The fraction of sp³-hybridized carbons (Fsp3) is 0. The molecule has 6 nitrogen and oxygen atoms in total. The normalized spacial score (nSPS) is 10.1. The van der Waals surface area contributed by atoms with Crippen molar-refractivity contribution in [3.05, 3.63) is 53.3 Å². The molecule has 21 heavy (non-hydrogen) atoms. The van der Waals surface area contributed by atoms with Gasteiger partial charge in [0.05, 0.1) is 16.8 Å². The molecule has 0 aromatic heterocycles. The molecule has 0 unspecified atom stereocenters. The van der Waals surface area contributed by atoms with Crippen molar-refractivity contribution in [1.29, 1.82) is 0 Å². The zero-order valence-corrected chi connectivity index (χ0v) is 10.5. The van der Waals surface area contributed by atoms with Crippen LogP contribution >= 0.6 is 0 Å². The molecule has 7 heteroatoms. The minimum Gasteiger partial charge on any atom is -0.507 e. The van der Waals surface area contributed by atoms with Gasteiger partial charge in [0.1, 0.15) is 17.3 Å². The Morgan fingerprint density at radius 1 is 1.00 bits per heavy atom. The number of phenolic OH excluding ortho intramolecular Hbond substituents is 2. The summed E-state index contributed by atoms with van der Waals surface area (Å²) < 4.78 is 12.8. The molecule has 4 N–H and O–H groups in total. The molecule has 2 aromatic rings. The van der Waals surface area contributed by atoms with E-state index >= 15 is 0 Å². The van der Waals surface area contributed by atoms with Crippen molar-refractivity contribution in [2.24, 2.45) is 0 Å². The average Bonchev–Trinajstić information content (AvgIpc) is 2.40. The summed E-state index contributed by atoms with van der Waals surface area (Å²) in [4.78, 5) is 22.6. The van der Waals surface area contributed by atoms with E-state index in [-0.39, 0.29) is 16.8 Å². The van der Waals surface area contributed by atoms with Crippen LogP contribution in [0.1, 0.15) is 20.7 Å². The lowest BCUT2D eigenvalue weighted by Gasteiger charge is -2.09. The summed E-state index contributed by atoms with van der Waals surface area (Å²) in [7, 11) is 0. The van der Waals surface area contributed by atoms with E-state index in [4.69, 9.17) is 5.11 Å². The number of phenols is 2. The van der Waals surface area contributed by atoms with E-state index in [0.717, 1.165) is 24.3 Å². The molecule has 0 aliphatic rings. The van der Waals surface area contributed by atoms with Gasteiger partial charge in [0.25, 0.3) is 5.91 Å². The molecule has 0 bridgehead atoms. The number of amides is 1. The van der Waals surface area contributed by atoms with E-state index in [9.17, 15) is 24.2 Å². The van der Waals surface area contributed by atoms with Crippen molar-refractivity contribution in [3.8, 4) is 11.5 Å². The molecular formula is C14H10FNO5. The fourth-order valence-electron chi connectivity index (χ4n) is 1.66. The smallest absolute Gasteiger partial charge is 0.335 e.